The zero-order valence-electron chi connectivity index (χ0n) is 14.4. The first-order valence-corrected chi connectivity index (χ1v) is 9.82. The maximum Gasteiger partial charge on any atom is 0.526 e. The van der Waals surface area contributed by atoms with Crippen molar-refractivity contribution in [1.82, 2.24) is 9.80 Å². The zero-order chi connectivity index (χ0) is 17.6. The molecule has 1 saturated heterocycles. The van der Waals surface area contributed by atoms with E-state index in [1.54, 1.807) is 11.8 Å². The largest absolute Gasteiger partial charge is 0.535 e. The summed E-state index contributed by atoms with van der Waals surface area (Å²) in [6.07, 6.45) is 0.878. The summed E-state index contributed by atoms with van der Waals surface area (Å²) in [6, 6.07) is 3.89. The van der Waals surface area contributed by atoms with Crippen LogP contribution < -0.4 is 4.65 Å². The van der Waals surface area contributed by atoms with Crippen molar-refractivity contribution in [2.75, 3.05) is 45.5 Å². The number of aromatic carboxylic acids is 1. The Balaban J connectivity index is 1.46. The first-order valence-electron chi connectivity index (χ1n) is 8.83. The van der Waals surface area contributed by atoms with Gasteiger partial charge in [-0.25, -0.2) is 4.79 Å². The number of carboxylic acids is 1. The number of carbonyl (C=O) groups is 1. The van der Waals surface area contributed by atoms with E-state index in [9.17, 15) is 14.9 Å². The molecule has 2 heterocycles. The van der Waals surface area contributed by atoms with Crippen LogP contribution in [0.4, 0.5) is 0 Å². The van der Waals surface area contributed by atoms with Crippen LogP contribution in [0.15, 0.2) is 17.0 Å². The molecular weight excluding hydrogens is 339 g/mol. The van der Waals surface area contributed by atoms with Crippen LogP contribution in [0.5, 0.6) is 5.75 Å². The Bertz CT molecular complexity index is 681. The van der Waals surface area contributed by atoms with Crippen molar-refractivity contribution in [2.24, 2.45) is 0 Å². The average molecular weight is 362 g/mol. The molecule has 0 amide bonds. The van der Waals surface area contributed by atoms with Crippen molar-refractivity contribution in [3.63, 3.8) is 0 Å². The van der Waals surface area contributed by atoms with Gasteiger partial charge in [-0.05, 0) is 31.0 Å². The highest BCUT2D eigenvalue weighted by Gasteiger charge is 2.54. The molecule has 1 saturated carbocycles. The fraction of sp³-hybridized carbons (Fsp3) is 0.588. The van der Waals surface area contributed by atoms with Crippen molar-refractivity contribution >= 4 is 24.8 Å². The monoisotopic (exact) mass is 362 g/mol. The van der Waals surface area contributed by atoms with Gasteiger partial charge in [-0.1, -0.05) is 6.07 Å². The first kappa shape index (κ1) is 17.2. The van der Waals surface area contributed by atoms with E-state index in [4.69, 9.17) is 4.65 Å². The molecule has 0 aromatic heterocycles. The standard InChI is InChI=1S/C17H23BN2O4S/c1-19-4-6-20(7-5-19)8-9-25-14-3-2-11-12-10-13(12)18(23)24-16(11)15(14)17(21)22/h2-3,12-13,23H,4-10H2,1H3,(H,21,22)/t12-,13-/m0/s1. The van der Waals surface area contributed by atoms with Crippen molar-refractivity contribution < 1.29 is 19.6 Å². The molecule has 1 aromatic rings. The van der Waals surface area contributed by atoms with Crippen molar-refractivity contribution in [1.29, 1.82) is 0 Å². The van der Waals surface area contributed by atoms with E-state index >= 15 is 0 Å². The molecule has 0 radical (unpaired) electrons. The molecule has 2 aliphatic heterocycles. The van der Waals surface area contributed by atoms with Gasteiger partial charge >= 0.3 is 13.1 Å². The van der Waals surface area contributed by atoms with E-state index in [2.05, 4.69) is 16.8 Å². The maximum absolute atomic E-state index is 11.8. The Morgan fingerprint density at radius 3 is 2.84 bits per heavy atom. The molecule has 3 aliphatic rings. The Labute approximate surface area is 152 Å². The normalized spacial score (nSPS) is 25.9. The molecule has 8 heteroatoms. The summed E-state index contributed by atoms with van der Waals surface area (Å²) in [5, 5.41) is 19.7. The summed E-state index contributed by atoms with van der Waals surface area (Å²) in [4.78, 5) is 17.3. The summed E-state index contributed by atoms with van der Waals surface area (Å²) < 4.78 is 5.57. The van der Waals surface area contributed by atoms with Crippen LogP contribution >= 0.6 is 11.8 Å². The fourth-order valence-corrected chi connectivity index (χ4v) is 4.83. The van der Waals surface area contributed by atoms with Crippen LogP contribution in [0.25, 0.3) is 0 Å². The second-order valence-electron chi connectivity index (χ2n) is 7.17. The molecule has 0 unspecified atom stereocenters. The van der Waals surface area contributed by atoms with E-state index in [0.717, 1.165) is 55.4 Å². The van der Waals surface area contributed by atoms with Gasteiger partial charge in [0, 0.05) is 49.2 Å². The van der Waals surface area contributed by atoms with Gasteiger partial charge < -0.3 is 19.7 Å². The Kier molecular flexibility index (Phi) is 4.70. The summed E-state index contributed by atoms with van der Waals surface area (Å²) >= 11 is 1.56. The number of piperazine rings is 1. The van der Waals surface area contributed by atoms with Crippen LogP contribution in [-0.2, 0) is 0 Å². The lowest BCUT2D eigenvalue weighted by Gasteiger charge is -2.32. The van der Waals surface area contributed by atoms with Gasteiger partial charge in [0.25, 0.3) is 0 Å². The number of hydrogen-bond donors (Lipinski definition) is 2. The van der Waals surface area contributed by atoms with Crippen LogP contribution in [0, 0.1) is 0 Å². The van der Waals surface area contributed by atoms with Crippen molar-refractivity contribution in [3.05, 3.63) is 23.3 Å². The van der Waals surface area contributed by atoms with Gasteiger partial charge in [0.05, 0.1) is 0 Å². The molecule has 134 valence electrons. The highest BCUT2D eigenvalue weighted by Crippen LogP contribution is 2.60. The molecule has 2 N–H and O–H groups in total. The number of thioether (sulfide) groups is 1. The lowest BCUT2D eigenvalue weighted by Crippen LogP contribution is -2.45. The van der Waals surface area contributed by atoms with Crippen LogP contribution in [0.1, 0.15) is 28.3 Å². The van der Waals surface area contributed by atoms with Crippen LogP contribution in [0.3, 0.4) is 0 Å². The summed E-state index contributed by atoms with van der Waals surface area (Å²) in [5.74, 6) is 0.622. The van der Waals surface area contributed by atoms with Crippen LogP contribution in [0.2, 0.25) is 5.82 Å². The molecule has 1 aliphatic carbocycles. The van der Waals surface area contributed by atoms with E-state index in [0.29, 0.717) is 5.75 Å². The van der Waals surface area contributed by atoms with Gasteiger partial charge in [0.2, 0.25) is 0 Å². The minimum atomic E-state index is -0.981. The lowest BCUT2D eigenvalue weighted by atomic mass is 9.77. The smallest absolute Gasteiger partial charge is 0.526 e. The van der Waals surface area contributed by atoms with Gasteiger partial charge in [-0.3, -0.25) is 4.90 Å². The van der Waals surface area contributed by atoms with E-state index in [-0.39, 0.29) is 17.3 Å². The van der Waals surface area contributed by atoms with Gasteiger partial charge in [-0.2, -0.15) is 0 Å². The number of carboxylic acid groups (broad SMARTS) is 1. The van der Waals surface area contributed by atoms with E-state index < -0.39 is 13.1 Å². The zero-order valence-corrected chi connectivity index (χ0v) is 15.2. The minimum absolute atomic E-state index is 0.130. The number of rotatable bonds is 5. The molecule has 6 nitrogen and oxygen atoms in total. The van der Waals surface area contributed by atoms with Crippen LogP contribution in [-0.4, -0.2) is 78.5 Å². The second kappa shape index (κ2) is 6.83. The number of nitrogens with zero attached hydrogens (tertiary/aromatic N) is 2. The molecule has 4 rings (SSSR count). The maximum atomic E-state index is 11.8. The third-order valence-electron chi connectivity index (χ3n) is 5.47. The molecule has 1 aromatic carbocycles. The quantitative estimate of drug-likeness (QED) is 0.607. The Morgan fingerprint density at radius 2 is 2.12 bits per heavy atom. The topological polar surface area (TPSA) is 73.2 Å². The first-order chi connectivity index (χ1) is 12.0. The molecule has 2 atom stereocenters. The molecule has 2 fully saturated rings. The molecular formula is C17H23BN2O4S. The highest BCUT2D eigenvalue weighted by atomic mass is 32.2. The van der Waals surface area contributed by atoms with Gasteiger partial charge in [0.1, 0.15) is 11.3 Å². The van der Waals surface area contributed by atoms with Crippen molar-refractivity contribution in [3.8, 4) is 5.75 Å². The third kappa shape index (κ3) is 3.40. The average Bonchev–Trinajstić information content (AvgIpc) is 3.37. The molecule has 25 heavy (non-hydrogen) atoms. The number of likely N-dealkylation sites (N-methyl/N-ethyl adjacent to an activating group) is 1. The number of fused-ring (bicyclic) bond motifs is 3. The van der Waals surface area contributed by atoms with Gasteiger partial charge in [0.15, 0.2) is 0 Å². The second-order valence-corrected chi connectivity index (χ2v) is 8.31. The third-order valence-corrected chi connectivity index (χ3v) is 6.51. The fourth-order valence-electron chi connectivity index (χ4n) is 3.77. The molecule has 0 bridgehead atoms. The van der Waals surface area contributed by atoms with Gasteiger partial charge in [-0.15, -0.1) is 11.8 Å². The number of hydrogen-bond acceptors (Lipinski definition) is 6. The highest BCUT2D eigenvalue weighted by molar-refractivity contribution is 7.99. The predicted molar refractivity (Wildman–Crippen MR) is 97.8 cm³/mol. The van der Waals surface area contributed by atoms with E-state index in [1.165, 1.54) is 0 Å². The summed E-state index contributed by atoms with van der Waals surface area (Å²) in [5.41, 5.74) is 1.15. The minimum Gasteiger partial charge on any atom is -0.535 e. The Hall–Kier alpha value is -1.22. The SMILES string of the molecule is CN1CCN(CCSc2ccc3c(c2C(=O)O)OB(O)[C@H]2C[C@@H]32)CC1. The van der Waals surface area contributed by atoms with E-state index in [1.807, 2.05) is 12.1 Å². The molecule has 0 spiro atoms. The summed E-state index contributed by atoms with van der Waals surface area (Å²) in [6.45, 7) is 5.23. The summed E-state index contributed by atoms with van der Waals surface area (Å²) in [7, 11) is 1.26. The van der Waals surface area contributed by atoms with Crippen molar-refractivity contribution in [2.45, 2.75) is 23.1 Å². The Morgan fingerprint density at radius 1 is 1.36 bits per heavy atom. The lowest BCUT2D eigenvalue weighted by molar-refractivity contribution is 0.0690. The number of benzene rings is 1. The predicted octanol–water partition coefficient (Wildman–Crippen LogP) is 1.45.